The van der Waals surface area contributed by atoms with Crippen LogP contribution in [-0.4, -0.2) is 23.8 Å². The second-order valence-corrected chi connectivity index (χ2v) is 11.7. The van der Waals surface area contributed by atoms with E-state index in [0.717, 1.165) is 17.0 Å². The van der Waals surface area contributed by atoms with Gasteiger partial charge in [-0.2, -0.15) is 0 Å². The third-order valence-electron chi connectivity index (χ3n) is 2.61. The van der Waals surface area contributed by atoms with Crippen molar-refractivity contribution >= 4 is 18.9 Å². The van der Waals surface area contributed by atoms with Crippen LogP contribution in [0.5, 0.6) is 0 Å². The van der Waals surface area contributed by atoms with Gasteiger partial charge >= 0.3 is 0 Å². The quantitative estimate of drug-likeness (QED) is 0.580. The summed E-state index contributed by atoms with van der Waals surface area (Å²) < 4.78 is 11.1. The van der Waals surface area contributed by atoms with Gasteiger partial charge in [0.25, 0.3) is 0 Å². The topological polar surface area (TPSA) is 17.1 Å². The maximum atomic E-state index is 11.1. The smallest absolute Gasteiger partial charge is 0.0474 e. The molecule has 0 amide bonds. The van der Waals surface area contributed by atoms with E-state index in [1.807, 2.05) is 0 Å². The standard InChI is InChI=1S/C8H18OSSi/c1-11(2,3)8-4-6-10(9)7-5-8/h8H,4-7H2,1-3H3. The highest BCUT2D eigenvalue weighted by Crippen LogP contribution is 2.32. The number of rotatable bonds is 1. The molecule has 1 rings (SSSR count). The van der Waals surface area contributed by atoms with Gasteiger partial charge in [0.1, 0.15) is 0 Å². The first kappa shape index (κ1) is 9.45. The molecular weight excluding hydrogens is 172 g/mol. The summed E-state index contributed by atoms with van der Waals surface area (Å²) in [5.41, 5.74) is 0.931. The largest absolute Gasteiger partial charge is 0.260 e. The van der Waals surface area contributed by atoms with Crippen LogP contribution in [0.4, 0.5) is 0 Å². The lowest BCUT2D eigenvalue weighted by Gasteiger charge is -2.31. The van der Waals surface area contributed by atoms with Gasteiger partial charge in [-0.1, -0.05) is 19.6 Å². The first-order valence-corrected chi connectivity index (χ1v) is 9.41. The number of hydrogen-bond acceptors (Lipinski definition) is 1. The van der Waals surface area contributed by atoms with Gasteiger partial charge in [-0.15, -0.1) is 0 Å². The van der Waals surface area contributed by atoms with Crippen molar-refractivity contribution in [3.05, 3.63) is 0 Å². The molecule has 1 aliphatic heterocycles. The Labute approximate surface area is 73.0 Å². The van der Waals surface area contributed by atoms with E-state index in [1.54, 1.807) is 0 Å². The predicted octanol–water partition coefficient (Wildman–Crippen LogP) is 2.24. The molecule has 1 saturated heterocycles. The van der Waals surface area contributed by atoms with Crippen molar-refractivity contribution in [1.82, 2.24) is 0 Å². The second kappa shape index (κ2) is 3.40. The monoisotopic (exact) mass is 190 g/mol. The zero-order valence-corrected chi connectivity index (χ0v) is 9.54. The molecule has 0 aromatic rings. The van der Waals surface area contributed by atoms with Crippen LogP contribution in [0.25, 0.3) is 0 Å². The highest BCUT2D eigenvalue weighted by atomic mass is 32.2. The van der Waals surface area contributed by atoms with Crippen LogP contribution < -0.4 is 0 Å². The van der Waals surface area contributed by atoms with Crippen LogP contribution in [0.3, 0.4) is 0 Å². The molecule has 0 unspecified atom stereocenters. The van der Waals surface area contributed by atoms with Gasteiger partial charge in [-0.25, -0.2) is 0 Å². The minimum atomic E-state index is -0.920. The lowest BCUT2D eigenvalue weighted by molar-refractivity contribution is 0.651. The molecule has 0 atom stereocenters. The molecule has 0 radical (unpaired) electrons. The van der Waals surface area contributed by atoms with Crippen molar-refractivity contribution in [2.45, 2.75) is 38.0 Å². The lowest BCUT2D eigenvalue weighted by atomic mass is 10.2. The molecule has 0 saturated carbocycles. The Morgan fingerprint density at radius 2 is 1.64 bits per heavy atom. The Balaban J connectivity index is 2.45. The van der Waals surface area contributed by atoms with E-state index >= 15 is 0 Å². The predicted molar refractivity (Wildman–Crippen MR) is 54.2 cm³/mol. The van der Waals surface area contributed by atoms with E-state index in [2.05, 4.69) is 19.6 Å². The molecule has 66 valence electrons. The van der Waals surface area contributed by atoms with Gasteiger partial charge in [0.2, 0.25) is 0 Å². The van der Waals surface area contributed by atoms with E-state index in [1.165, 1.54) is 12.8 Å². The average molecular weight is 190 g/mol. The summed E-state index contributed by atoms with van der Waals surface area (Å²) in [5, 5.41) is 0. The molecule has 0 aromatic heterocycles. The van der Waals surface area contributed by atoms with Gasteiger partial charge < -0.3 is 0 Å². The molecule has 1 aliphatic rings. The third-order valence-corrected chi connectivity index (χ3v) is 7.02. The van der Waals surface area contributed by atoms with Gasteiger partial charge in [0.05, 0.1) is 0 Å². The normalized spacial score (nSPS) is 33.7. The van der Waals surface area contributed by atoms with Gasteiger partial charge in [0.15, 0.2) is 0 Å². The molecule has 0 spiro atoms. The third kappa shape index (κ3) is 2.71. The minimum Gasteiger partial charge on any atom is -0.260 e. The summed E-state index contributed by atoms with van der Waals surface area (Å²) in [4.78, 5) is 0. The van der Waals surface area contributed by atoms with E-state index in [-0.39, 0.29) is 0 Å². The summed E-state index contributed by atoms with van der Waals surface area (Å²) >= 11 is 0. The summed E-state index contributed by atoms with van der Waals surface area (Å²) in [5.74, 6) is 1.93. The summed E-state index contributed by atoms with van der Waals surface area (Å²) in [6.07, 6.45) is 2.45. The SMILES string of the molecule is C[Si](C)(C)C1CCS(=O)CC1. The van der Waals surface area contributed by atoms with Crippen LogP contribution in [0.15, 0.2) is 0 Å². The van der Waals surface area contributed by atoms with Crippen LogP contribution in [0.2, 0.25) is 25.2 Å². The summed E-state index contributed by atoms with van der Waals surface area (Å²) in [7, 11) is -1.39. The average Bonchev–Trinajstić information content (AvgIpc) is 1.86. The van der Waals surface area contributed by atoms with Crippen LogP contribution in [-0.2, 0) is 10.8 Å². The Morgan fingerprint density at radius 1 is 1.18 bits per heavy atom. The zero-order chi connectivity index (χ0) is 8.48. The maximum absolute atomic E-state index is 11.1. The highest BCUT2D eigenvalue weighted by molar-refractivity contribution is 7.85. The fourth-order valence-corrected chi connectivity index (χ4v) is 5.40. The lowest BCUT2D eigenvalue weighted by Crippen LogP contribution is -2.33. The van der Waals surface area contributed by atoms with Crippen molar-refractivity contribution in [1.29, 1.82) is 0 Å². The molecule has 1 nitrogen and oxygen atoms in total. The molecule has 0 aliphatic carbocycles. The first-order chi connectivity index (χ1) is 5.00. The minimum absolute atomic E-state index is 0.473. The molecule has 3 heteroatoms. The van der Waals surface area contributed by atoms with Crippen molar-refractivity contribution in [3.63, 3.8) is 0 Å². The number of hydrogen-bond donors (Lipinski definition) is 0. The summed E-state index contributed by atoms with van der Waals surface area (Å²) in [6, 6.07) is 0. The van der Waals surface area contributed by atoms with Crippen molar-refractivity contribution < 1.29 is 4.21 Å². The van der Waals surface area contributed by atoms with Crippen LogP contribution >= 0.6 is 0 Å². The fraction of sp³-hybridized carbons (Fsp3) is 1.00. The van der Waals surface area contributed by atoms with Crippen LogP contribution in [0.1, 0.15) is 12.8 Å². The van der Waals surface area contributed by atoms with E-state index in [0.29, 0.717) is 0 Å². The molecular formula is C8H18OSSi. The molecule has 1 fully saturated rings. The highest BCUT2D eigenvalue weighted by Gasteiger charge is 2.29. The first-order valence-electron chi connectivity index (χ1n) is 4.35. The Morgan fingerprint density at radius 3 is 2.00 bits per heavy atom. The van der Waals surface area contributed by atoms with Crippen molar-refractivity contribution in [2.75, 3.05) is 11.5 Å². The zero-order valence-electron chi connectivity index (χ0n) is 7.72. The molecule has 1 heterocycles. The Bertz CT molecular complexity index is 152. The van der Waals surface area contributed by atoms with Gasteiger partial charge in [0, 0.05) is 30.4 Å². The molecule has 11 heavy (non-hydrogen) atoms. The van der Waals surface area contributed by atoms with E-state index < -0.39 is 18.9 Å². The maximum Gasteiger partial charge on any atom is 0.0474 e. The molecule has 0 N–H and O–H groups in total. The van der Waals surface area contributed by atoms with Gasteiger partial charge in [-0.05, 0) is 18.4 Å². The van der Waals surface area contributed by atoms with Crippen molar-refractivity contribution in [2.24, 2.45) is 0 Å². The molecule has 0 bridgehead atoms. The van der Waals surface area contributed by atoms with Crippen LogP contribution in [0, 0.1) is 0 Å². The van der Waals surface area contributed by atoms with Crippen molar-refractivity contribution in [3.8, 4) is 0 Å². The Hall–Kier alpha value is 0.367. The fourth-order valence-electron chi connectivity index (χ4n) is 1.66. The molecule has 0 aromatic carbocycles. The van der Waals surface area contributed by atoms with Gasteiger partial charge in [-0.3, -0.25) is 4.21 Å². The summed E-state index contributed by atoms with van der Waals surface area (Å²) in [6.45, 7) is 7.27. The second-order valence-electron chi connectivity index (χ2n) is 4.49. The van der Waals surface area contributed by atoms with E-state index in [9.17, 15) is 4.21 Å². The Kier molecular flexibility index (Phi) is 2.92. The van der Waals surface area contributed by atoms with E-state index in [4.69, 9.17) is 0 Å².